The molecule has 0 fully saturated rings. The second-order valence-corrected chi connectivity index (χ2v) is 11.3. The maximum atomic E-state index is 13.4. The van der Waals surface area contributed by atoms with Gasteiger partial charge in [0.05, 0.1) is 16.6 Å². The molecule has 0 radical (unpaired) electrons. The Morgan fingerprint density at radius 2 is 1.61 bits per heavy atom. The van der Waals surface area contributed by atoms with Crippen LogP contribution >= 0.6 is 11.6 Å². The summed E-state index contributed by atoms with van der Waals surface area (Å²) >= 11 is 6.11. The first kappa shape index (κ1) is 24.8. The molecule has 0 bridgehead atoms. The summed E-state index contributed by atoms with van der Waals surface area (Å²) in [5.74, 6) is -0.415. The minimum absolute atomic E-state index is 0.0360. The van der Waals surface area contributed by atoms with Gasteiger partial charge in [-0.1, -0.05) is 80.9 Å². The lowest BCUT2D eigenvalue weighted by Crippen LogP contribution is -2.41. The van der Waals surface area contributed by atoms with Gasteiger partial charge in [0.25, 0.3) is 10.0 Å². The number of rotatable bonds is 7. The molecule has 0 aliphatic heterocycles. The summed E-state index contributed by atoms with van der Waals surface area (Å²) in [6.07, 6.45) is 0. The number of amides is 1. The van der Waals surface area contributed by atoms with E-state index in [-0.39, 0.29) is 22.9 Å². The smallest absolute Gasteiger partial charge is 0.264 e. The Kier molecular flexibility index (Phi) is 7.50. The molecule has 0 spiro atoms. The van der Waals surface area contributed by atoms with Gasteiger partial charge in [-0.3, -0.25) is 9.10 Å². The third-order valence-electron chi connectivity index (χ3n) is 5.37. The number of nitrogens with zero attached hydrogens (tertiary/aromatic N) is 1. The summed E-state index contributed by atoms with van der Waals surface area (Å²) in [7, 11) is -3.97. The first-order valence-electron chi connectivity index (χ1n) is 10.7. The van der Waals surface area contributed by atoms with Crippen molar-refractivity contribution in [1.82, 2.24) is 5.32 Å². The predicted molar refractivity (Wildman–Crippen MR) is 134 cm³/mol. The number of nitrogens with one attached hydrogen (secondary N) is 1. The third-order valence-corrected chi connectivity index (χ3v) is 7.39. The fourth-order valence-corrected chi connectivity index (χ4v) is 5.06. The summed E-state index contributed by atoms with van der Waals surface area (Å²) < 4.78 is 27.8. The van der Waals surface area contributed by atoms with Crippen LogP contribution in [-0.2, 0) is 20.2 Å². The standard InChI is InChI=1S/C26H29ClN2O3S/c1-19(20-13-15-21(16-14-20)26(2,3)4)28-25(30)18-29(23-10-8-9-22(27)17-23)33(31,32)24-11-6-5-7-12-24/h5-17,19H,18H2,1-4H3,(H,28,30)/t19-/m1/s1. The molecule has 174 valence electrons. The van der Waals surface area contributed by atoms with E-state index in [9.17, 15) is 13.2 Å². The number of carbonyl (C=O) groups excluding carboxylic acids is 1. The lowest BCUT2D eigenvalue weighted by atomic mass is 9.86. The van der Waals surface area contributed by atoms with Crippen LogP contribution in [0.4, 0.5) is 5.69 Å². The molecule has 0 saturated carbocycles. The molecule has 0 aromatic heterocycles. The molecule has 0 aliphatic carbocycles. The molecule has 3 rings (SSSR count). The van der Waals surface area contributed by atoms with Crippen LogP contribution in [0.15, 0.2) is 83.8 Å². The van der Waals surface area contributed by atoms with Gasteiger partial charge in [0.2, 0.25) is 5.91 Å². The molecule has 1 atom stereocenters. The van der Waals surface area contributed by atoms with Crippen molar-refractivity contribution in [3.05, 3.63) is 95.0 Å². The molecule has 3 aromatic rings. The molecular weight excluding hydrogens is 456 g/mol. The summed E-state index contributed by atoms with van der Waals surface area (Å²) in [5.41, 5.74) is 2.50. The van der Waals surface area contributed by atoms with Crippen LogP contribution in [0, 0.1) is 0 Å². The van der Waals surface area contributed by atoms with Crippen LogP contribution < -0.4 is 9.62 Å². The van der Waals surface area contributed by atoms with Gasteiger partial charge in [-0.15, -0.1) is 0 Å². The largest absolute Gasteiger partial charge is 0.348 e. The fourth-order valence-electron chi connectivity index (χ4n) is 3.44. The van der Waals surface area contributed by atoms with Crippen LogP contribution in [0.3, 0.4) is 0 Å². The van der Waals surface area contributed by atoms with Gasteiger partial charge in [0, 0.05) is 5.02 Å². The first-order chi connectivity index (χ1) is 15.5. The Bertz CT molecular complexity index is 1200. The van der Waals surface area contributed by atoms with Gasteiger partial charge in [0.1, 0.15) is 6.54 Å². The fraction of sp³-hybridized carbons (Fsp3) is 0.269. The van der Waals surface area contributed by atoms with E-state index in [0.29, 0.717) is 10.7 Å². The van der Waals surface area contributed by atoms with Crippen LogP contribution in [0.1, 0.15) is 44.9 Å². The van der Waals surface area contributed by atoms with Crippen LogP contribution in [0.25, 0.3) is 0 Å². The molecule has 3 aromatic carbocycles. The van der Waals surface area contributed by atoms with E-state index in [2.05, 4.69) is 38.2 Å². The molecular formula is C26H29ClN2O3S. The minimum Gasteiger partial charge on any atom is -0.348 e. The van der Waals surface area contributed by atoms with E-state index >= 15 is 0 Å². The van der Waals surface area contributed by atoms with Crippen molar-refractivity contribution in [1.29, 1.82) is 0 Å². The zero-order valence-electron chi connectivity index (χ0n) is 19.2. The normalized spacial score (nSPS) is 12.8. The van der Waals surface area contributed by atoms with Gasteiger partial charge >= 0.3 is 0 Å². The predicted octanol–water partition coefficient (Wildman–Crippen LogP) is 5.71. The molecule has 7 heteroatoms. The number of hydrogen-bond acceptors (Lipinski definition) is 3. The van der Waals surface area contributed by atoms with Crippen molar-refractivity contribution >= 4 is 33.2 Å². The van der Waals surface area contributed by atoms with Crippen molar-refractivity contribution in [3.63, 3.8) is 0 Å². The molecule has 0 heterocycles. The van der Waals surface area contributed by atoms with E-state index < -0.39 is 15.9 Å². The van der Waals surface area contributed by atoms with Gasteiger partial charge in [-0.25, -0.2) is 8.42 Å². The molecule has 0 saturated heterocycles. The number of benzene rings is 3. The van der Waals surface area contributed by atoms with Gasteiger partial charge in [0.15, 0.2) is 0 Å². The Balaban J connectivity index is 1.83. The monoisotopic (exact) mass is 484 g/mol. The highest BCUT2D eigenvalue weighted by atomic mass is 35.5. The topological polar surface area (TPSA) is 66.5 Å². The highest BCUT2D eigenvalue weighted by Crippen LogP contribution is 2.27. The number of anilines is 1. The highest BCUT2D eigenvalue weighted by Gasteiger charge is 2.28. The summed E-state index contributed by atoms with van der Waals surface area (Å²) in [6.45, 7) is 7.93. The number of carbonyl (C=O) groups is 1. The maximum Gasteiger partial charge on any atom is 0.264 e. The number of sulfonamides is 1. The summed E-state index contributed by atoms with van der Waals surface area (Å²) in [5, 5.41) is 3.30. The molecule has 1 amide bonds. The molecule has 5 nitrogen and oxygen atoms in total. The Morgan fingerprint density at radius 1 is 0.970 bits per heavy atom. The quantitative estimate of drug-likeness (QED) is 0.467. The summed E-state index contributed by atoms with van der Waals surface area (Å²) in [6, 6.07) is 22.3. The third kappa shape index (κ3) is 6.15. The Hall–Kier alpha value is -2.83. The SMILES string of the molecule is C[C@@H](NC(=O)CN(c1cccc(Cl)c1)S(=O)(=O)c1ccccc1)c1ccc(C(C)(C)C)cc1. The van der Waals surface area contributed by atoms with Crippen LogP contribution in [-0.4, -0.2) is 20.9 Å². The Labute approximate surface area is 201 Å². The maximum absolute atomic E-state index is 13.4. The average molecular weight is 485 g/mol. The second-order valence-electron chi connectivity index (χ2n) is 8.97. The number of halogens is 1. The zero-order chi connectivity index (χ0) is 24.2. The second kappa shape index (κ2) is 9.98. The molecule has 0 unspecified atom stereocenters. The van der Waals surface area contributed by atoms with Crippen molar-refractivity contribution in [2.75, 3.05) is 10.8 Å². The summed E-state index contributed by atoms with van der Waals surface area (Å²) in [4.78, 5) is 13.0. The molecule has 33 heavy (non-hydrogen) atoms. The van der Waals surface area contributed by atoms with Crippen molar-refractivity contribution < 1.29 is 13.2 Å². The van der Waals surface area contributed by atoms with Crippen molar-refractivity contribution in [2.45, 2.75) is 44.0 Å². The lowest BCUT2D eigenvalue weighted by Gasteiger charge is -2.25. The van der Waals surface area contributed by atoms with E-state index in [1.165, 1.54) is 23.8 Å². The Morgan fingerprint density at radius 3 is 2.18 bits per heavy atom. The highest BCUT2D eigenvalue weighted by molar-refractivity contribution is 7.92. The van der Waals surface area contributed by atoms with E-state index in [1.807, 2.05) is 19.1 Å². The van der Waals surface area contributed by atoms with Crippen LogP contribution in [0.5, 0.6) is 0 Å². The molecule has 1 N–H and O–H groups in total. The lowest BCUT2D eigenvalue weighted by molar-refractivity contribution is -0.120. The first-order valence-corrected chi connectivity index (χ1v) is 12.5. The molecule has 0 aliphatic rings. The van der Waals surface area contributed by atoms with Crippen molar-refractivity contribution in [2.24, 2.45) is 0 Å². The van der Waals surface area contributed by atoms with Gasteiger partial charge < -0.3 is 5.32 Å². The van der Waals surface area contributed by atoms with Crippen molar-refractivity contribution in [3.8, 4) is 0 Å². The zero-order valence-corrected chi connectivity index (χ0v) is 20.8. The average Bonchev–Trinajstić information content (AvgIpc) is 2.77. The van der Waals surface area contributed by atoms with E-state index in [4.69, 9.17) is 11.6 Å². The van der Waals surface area contributed by atoms with E-state index in [1.54, 1.807) is 36.4 Å². The van der Waals surface area contributed by atoms with Crippen LogP contribution in [0.2, 0.25) is 5.02 Å². The van der Waals surface area contributed by atoms with Gasteiger partial charge in [-0.2, -0.15) is 0 Å². The number of hydrogen-bond donors (Lipinski definition) is 1. The van der Waals surface area contributed by atoms with E-state index in [0.717, 1.165) is 9.87 Å². The van der Waals surface area contributed by atoms with Gasteiger partial charge in [-0.05, 0) is 53.8 Å². The minimum atomic E-state index is -3.97.